The number of hydrogen-bond donors (Lipinski definition) is 0. The van der Waals surface area contributed by atoms with Crippen molar-refractivity contribution in [3.63, 3.8) is 0 Å². The Labute approximate surface area is 155 Å². The number of ether oxygens (including phenoxy) is 1. The zero-order chi connectivity index (χ0) is 19.5. The molecule has 0 saturated heterocycles. The second kappa shape index (κ2) is 18.8. The molecule has 0 fully saturated rings. The van der Waals surface area contributed by atoms with Crippen LogP contribution in [0.2, 0.25) is 0 Å². The van der Waals surface area contributed by atoms with Crippen LogP contribution in [0.1, 0.15) is 78.1 Å². The van der Waals surface area contributed by atoms with Crippen LogP contribution in [0.3, 0.4) is 0 Å². The summed E-state index contributed by atoms with van der Waals surface area (Å²) in [6, 6.07) is 0. The lowest BCUT2D eigenvalue weighted by Gasteiger charge is -2.04. The van der Waals surface area contributed by atoms with Gasteiger partial charge in [0.25, 0.3) is 0 Å². The summed E-state index contributed by atoms with van der Waals surface area (Å²) in [6.45, 7) is 11.3. The van der Waals surface area contributed by atoms with Crippen LogP contribution in [0.5, 0.6) is 0 Å². The number of likely N-dealkylation sites (N-methyl/N-ethyl adjacent to an activating group) is 1. The highest BCUT2D eigenvalue weighted by Gasteiger charge is 2.01. The average Bonchev–Trinajstić information content (AvgIpc) is 2.59. The first-order valence-electron chi connectivity index (χ1n) is 9.53. The van der Waals surface area contributed by atoms with Crippen LogP contribution in [0, 0.1) is 0 Å². The third kappa shape index (κ3) is 20.4. The molecule has 0 heterocycles. The average molecular weight is 354 g/mol. The summed E-state index contributed by atoms with van der Waals surface area (Å²) >= 11 is 0. The fraction of sp³-hybridized carbons (Fsp3) is 0.714. The van der Waals surface area contributed by atoms with Crippen molar-refractivity contribution in [3.05, 3.63) is 24.8 Å². The molecule has 4 heteroatoms. The van der Waals surface area contributed by atoms with Gasteiger partial charge in [-0.25, -0.2) is 4.79 Å². The summed E-state index contributed by atoms with van der Waals surface area (Å²) in [5, 5.41) is 0. The fourth-order valence-corrected chi connectivity index (χ4v) is 2.06. The summed E-state index contributed by atoms with van der Waals surface area (Å²) < 4.78 is 5.04. The summed E-state index contributed by atoms with van der Waals surface area (Å²) in [5.74, 6) is -0.314. The number of amides is 1. The van der Waals surface area contributed by atoms with E-state index in [2.05, 4.69) is 20.1 Å². The maximum Gasteiger partial charge on any atom is 0.333 e. The SMILES string of the molecule is C=C(C)C(=O)OCCCCCCCCCCCC.C=CC(=O)N(C)C. The highest BCUT2D eigenvalue weighted by Crippen LogP contribution is 2.10. The van der Waals surface area contributed by atoms with Crippen LogP contribution in [0.25, 0.3) is 0 Å². The largest absolute Gasteiger partial charge is 0.462 e. The standard InChI is InChI=1S/C16H30O2.C5H9NO/c1-4-5-6-7-8-9-10-11-12-13-14-18-16(17)15(2)3;1-4-5(7)6(2)3/h2,4-14H2,1,3H3;4H,1H2,2-3H3. The number of hydrogen-bond acceptors (Lipinski definition) is 3. The molecular formula is C21H39NO3. The minimum absolute atomic E-state index is 0.0556. The van der Waals surface area contributed by atoms with Gasteiger partial charge < -0.3 is 9.64 Å². The smallest absolute Gasteiger partial charge is 0.333 e. The normalized spacial score (nSPS) is 9.60. The maximum absolute atomic E-state index is 11.1. The summed E-state index contributed by atoms with van der Waals surface area (Å²) in [7, 11) is 3.37. The molecule has 0 atom stereocenters. The van der Waals surface area contributed by atoms with Gasteiger partial charge >= 0.3 is 5.97 Å². The Morgan fingerprint density at radius 2 is 1.36 bits per heavy atom. The summed E-state index contributed by atoms with van der Waals surface area (Å²) in [5.41, 5.74) is 0.488. The van der Waals surface area contributed by atoms with Gasteiger partial charge in [-0.05, 0) is 19.4 Å². The Balaban J connectivity index is 0. The molecule has 0 radical (unpaired) electrons. The monoisotopic (exact) mass is 353 g/mol. The molecule has 0 bridgehead atoms. The molecule has 0 aliphatic carbocycles. The van der Waals surface area contributed by atoms with Crippen LogP contribution in [-0.2, 0) is 14.3 Å². The van der Waals surface area contributed by atoms with Gasteiger partial charge in [-0.15, -0.1) is 0 Å². The predicted molar refractivity (Wildman–Crippen MR) is 107 cm³/mol. The molecule has 1 amide bonds. The molecule has 0 aromatic rings. The van der Waals surface area contributed by atoms with Gasteiger partial charge in [0, 0.05) is 19.7 Å². The predicted octanol–water partition coefficient (Wildman–Crippen LogP) is 5.29. The van der Waals surface area contributed by atoms with Gasteiger partial charge in [-0.2, -0.15) is 0 Å². The Kier molecular flexibility index (Phi) is 19.2. The van der Waals surface area contributed by atoms with E-state index in [4.69, 9.17) is 4.74 Å². The Morgan fingerprint density at radius 1 is 0.920 bits per heavy atom. The number of nitrogens with zero attached hydrogens (tertiary/aromatic N) is 1. The van der Waals surface area contributed by atoms with Crippen molar-refractivity contribution >= 4 is 11.9 Å². The Morgan fingerprint density at radius 3 is 1.68 bits per heavy atom. The van der Waals surface area contributed by atoms with E-state index >= 15 is 0 Å². The van der Waals surface area contributed by atoms with Gasteiger partial charge in [0.05, 0.1) is 6.61 Å². The van der Waals surface area contributed by atoms with Crippen LogP contribution < -0.4 is 0 Å². The van der Waals surface area contributed by atoms with E-state index in [1.165, 1.54) is 68.8 Å². The molecule has 0 aromatic carbocycles. The van der Waals surface area contributed by atoms with Gasteiger partial charge in [0.1, 0.15) is 0 Å². The maximum atomic E-state index is 11.1. The number of unbranched alkanes of at least 4 members (excludes halogenated alkanes) is 9. The van der Waals surface area contributed by atoms with Crippen molar-refractivity contribution in [2.24, 2.45) is 0 Å². The zero-order valence-electron chi connectivity index (χ0n) is 16.9. The molecular weight excluding hydrogens is 314 g/mol. The Bertz CT molecular complexity index is 375. The van der Waals surface area contributed by atoms with Gasteiger partial charge in [-0.1, -0.05) is 77.9 Å². The molecule has 25 heavy (non-hydrogen) atoms. The molecule has 0 aromatic heterocycles. The first-order valence-corrected chi connectivity index (χ1v) is 9.53. The molecule has 0 aliphatic rings. The van der Waals surface area contributed by atoms with E-state index in [-0.39, 0.29) is 11.9 Å². The van der Waals surface area contributed by atoms with Crippen LogP contribution in [0.4, 0.5) is 0 Å². The minimum Gasteiger partial charge on any atom is -0.462 e. The second-order valence-electron chi connectivity index (χ2n) is 6.54. The lowest BCUT2D eigenvalue weighted by molar-refractivity contribution is -0.139. The van der Waals surface area contributed by atoms with Crippen molar-refractivity contribution in [1.82, 2.24) is 4.90 Å². The highest BCUT2D eigenvalue weighted by atomic mass is 16.5. The van der Waals surface area contributed by atoms with Crippen molar-refractivity contribution in [1.29, 1.82) is 0 Å². The zero-order valence-corrected chi connectivity index (χ0v) is 16.9. The summed E-state index contributed by atoms with van der Waals surface area (Å²) in [6.07, 6.45) is 14.2. The summed E-state index contributed by atoms with van der Waals surface area (Å²) in [4.78, 5) is 22.9. The molecule has 0 N–H and O–H groups in total. The third-order valence-electron chi connectivity index (χ3n) is 3.69. The van der Waals surface area contributed by atoms with E-state index in [0.29, 0.717) is 12.2 Å². The van der Waals surface area contributed by atoms with Crippen LogP contribution in [0.15, 0.2) is 24.8 Å². The fourth-order valence-electron chi connectivity index (χ4n) is 2.06. The highest BCUT2D eigenvalue weighted by molar-refractivity contribution is 5.87. The first kappa shape index (κ1) is 25.7. The molecule has 0 unspecified atom stereocenters. The van der Waals surface area contributed by atoms with Crippen molar-refractivity contribution in [2.45, 2.75) is 78.1 Å². The van der Waals surface area contributed by atoms with E-state index in [1.807, 2.05) is 0 Å². The lowest BCUT2D eigenvalue weighted by atomic mass is 10.1. The third-order valence-corrected chi connectivity index (χ3v) is 3.69. The molecule has 0 saturated carbocycles. The quantitative estimate of drug-likeness (QED) is 0.257. The molecule has 0 aliphatic heterocycles. The lowest BCUT2D eigenvalue weighted by Crippen LogP contribution is -2.18. The van der Waals surface area contributed by atoms with E-state index in [9.17, 15) is 9.59 Å². The Hall–Kier alpha value is -1.58. The first-order chi connectivity index (χ1) is 11.9. The topological polar surface area (TPSA) is 46.6 Å². The van der Waals surface area contributed by atoms with Gasteiger partial charge in [0.2, 0.25) is 5.91 Å². The van der Waals surface area contributed by atoms with Crippen molar-refractivity contribution in [3.8, 4) is 0 Å². The number of rotatable bonds is 13. The number of esters is 1. The van der Waals surface area contributed by atoms with Gasteiger partial charge in [0.15, 0.2) is 0 Å². The molecule has 146 valence electrons. The number of carbonyl (C=O) groups excluding carboxylic acids is 2. The molecule has 0 rings (SSSR count). The van der Waals surface area contributed by atoms with E-state index < -0.39 is 0 Å². The molecule has 4 nitrogen and oxygen atoms in total. The van der Waals surface area contributed by atoms with E-state index in [1.54, 1.807) is 21.0 Å². The molecule has 0 spiro atoms. The van der Waals surface area contributed by atoms with Crippen molar-refractivity contribution < 1.29 is 14.3 Å². The van der Waals surface area contributed by atoms with E-state index in [0.717, 1.165) is 6.42 Å². The minimum atomic E-state index is -0.258. The number of carbonyl (C=O) groups is 2. The van der Waals surface area contributed by atoms with Gasteiger partial charge in [-0.3, -0.25) is 4.79 Å². The second-order valence-corrected chi connectivity index (χ2v) is 6.54. The van der Waals surface area contributed by atoms with Crippen molar-refractivity contribution in [2.75, 3.05) is 20.7 Å². The van der Waals surface area contributed by atoms with Crippen LogP contribution >= 0.6 is 0 Å². The van der Waals surface area contributed by atoms with Crippen LogP contribution in [-0.4, -0.2) is 37.5 Å².